The summed E-state index contributed by atoms with van der Waals surface area (Å²) < 4.78 is 86.2. The summed E-state index contributed by atoms with van der Waals surface area (Å²) in [7, 11) is 0. The van der Waals surface area contributed by atoms with Crippen LogP contribution in [0.4, 0.5) is 37.7 Å². The van der Waals surface area contributed by atoms with E-state index in [2.05, 4.69) is 26.0 Å². The number of alkyl halides is 5. The Morgan fingerprint density at radius 1 is 1.10 bits per heavy atom. The monoisotopic (exact) mass is 642 g/mol. The largest absolute Gasteiger partial charge is 0.433 e. The number of amides is 2. The van der Waals surface area contributed by atoms with Gasteiger partial charge in [-0.3, -0.25) is 9.59 Å². The molecule has 0 spiro atoms. The Kier molecular flexibility index (Phi) is 9.00. The topological polar surface area (TPSA) is 58.6 Å². The normalized spacial score (nSPS) is 14.1. The second-order valence-electron chi connectivity index (χ2n) is 9.84. The predicted octanol–water partition coefficient (Wildman–Crippen LogP) is 8.47. The summed E-state index contributed by atoms with van der Waals surface area (Å²) in [6, 6.07) is 12.4. The molecule has 1 N–H and O–H groups in total. The van der Waals surface area contributed by atoms with Crippen molar-refractivity contribution < 1.29 is 40.7 Å². The lowest BCUT2D eigenvalue weighted by Crippen LogP contribution is -2.34. The van der Waals surface area contributed by atoms with Crippen LogP contribution in [-0.4, -0.2) is 31.1 Å². The van der Waals surface area contributed by atoms with Gasteiger partial charge >= 0.3 is 12.8 Å². The fourth-order valence-electron chi connectivity index (χ4n) is 4.14. The average molecular weight is 643 g/mol. The van der Waals surface area contributed by atoms with Gasteiger partial charge in [0.1, 0.15) is 0 Å². The first-order chi connectivity index (χ1) is 19.3. The van der Waals surface area contributed by atoms with Crippen LogP contribution >= 0.6 is 15.9 Å². The fraction of sp³-hybridized carbons (Fsp3) is 0.310. The zero-order valence-electron chi connectivity index (χ0n) is 21.9. The molecule has 1 unspecified atom stereocenters. The number of rotatable bonds is 9. The first-order valence-corrected chi connectivity index (χ1v) is 13.4. The number of ether oxygens (including phenoxy) is 1. The van der Waals surface area contributed by atoms with Gasteiger partial charge < -0.3 is 15.0 Å². The summed E-state index contributed by atoms with van der Waals surface area (Å²) in [6.07, 6.45) is -2.94. The van der Waals surface area contributed by atoms with Crippen LogP contribution < -0.4 is 15.0 Å². The molecule has 1 atom stereocenters. The SMILES string of the molecule is Cc1ccc(C(=O)N(CC2CC2)c2cccc(C(=O)Nc3c(Br)cc(C(C)C(F)(F)F)cc3OC(F)F)c2F)cc1. The van der Waals surface area contributed by atoms with E-state index >= 15 is 4.39 Å². The fourth-order valence-corrected chi connectivity index (χ4v) is 4.70. The van der Waals surface area contributed by atoms with E-state index in [4.69, 9.17) is 0 Å². The van der Waals surface area contributed by atoms with Gasteiger partial charge in [0.05, 0.1) is 22.9 Å². The van der Waals surface area contributed by atoms with Gasteiger partial charge in [-0.25, -0.2) is 4.39 Å². The number of anilines is 2. The number of carbonyl (C=O) groups is 2. The van der Waals surface area contributed by atoms with Gasteiger partial charge in [-0.05, 0) is 90.5 Å². The molecule has 4 rings (SSSR count). The molecule has 5 nitrogen and oxygen atoms in total. The molecule has 41 heavy (non-hydrogen) atoms. The minimum atomic E-state index is -4.67. The average Bonchev–Trinajstić information content (AvgIpc) is 3.72. The Balaban J connectivity index is 1.68. The molecule has 0 saturated heterocycles. The second-order valence-corrected chi connectivity index (χ2v) is 10.7. The van der Waals surface area contributed by atoms with Gasteiger partial charge in [-0.2, -0.15) is 22.0 Å². The van der Waals surface area contributed by atoms with Gasteiger partial charge in [0.25, 0.3) is 11.8 Å². The Hall–Kier alpha value is -3.54. The molecule has 1 aliphatic rings. The zero-order valence-corrected chi connectivity index (χ0v) is 23.5. The number of aryl methyl sites for hydroxylation is 1. The van der Waals surface area contributed by atoms with Crippen LogP contribution in [0.5, 0.6) is 5.75 Å². The summed E-state index contributed by atoms with van der Waals surface area (Å²) in [6.45, 7) is -0.486. The predicted molar refractivity (Wildman–Crippen MR) is 145 cm³/mol. The molecule has 1 saturated carbocycles. The van der Waals surface area contributed by atoms with E-state index < -0.39 is 58.9 Å². The molecule has 0 radical (unpaired) electrons. The number of carbonyl (C=O) groups excluding carboxylic acids is 2. The van der Waals surface area contributed by atoms with Crippen LogP contribution in [-0.2, 0) is 0 Å². The van der Waals surface area contributed by atoms with Crippen LogP contribution in [0, 0.1) is 18.7 Å². The van der Waals surface area contributed by atoms with Crippen molar-refractivity contribution in [2.75, 3.05) is 16.8 Å². The Bertz CT molecular complexity index is 1440. The minimum absolute atomic E-state index is 0.146. The summed E-state index contributed by atoms with van der Waals surface area (Å²) in [5.41, 5.74) is -0.200. The molecule has 12 heteroatoms. The van der Waals surface area contributed by atoms with Crippen LogP contribution in [0.1, 0.15) is 57.5 Å². The Morgan fingerprint density at radius 3 is 2.34 bits per heavy atom. The van der Waals surface area contributed by atoms with Crippen molar-refractivity contribution in [2.24, 2.45) is 5.92 Å². The van der Waals surface area contributed by atoms with Crippen molar-refractivity contribution in [1.82, 2.24) is 0 Å². The van der Waals surface area contributed by atoms with E-state index in [-0.39, 0.29) is 22.6 Å². The molecular weight excluding hydrogens is 618 g/mol. The van der Waals surface area contributed by atoms with Gasteiger partial charge in [0.15, 0.2) is 11.6 Å². The summed E-state index contributed by atoms with van der Waals surface area (Å²) in [5.74, 6) is -5.17. The standard InChI is InChI=1S/C29H25BrF6N2O3/c1-15-6-10-18(11-7-15)27(40)38(14-17-8-9-17)22-5-3-4-20(24(22)31)26(39)37-25-21(30)12-19(16(2)29(34,35)36)13-23(25)41-28(32)33/h3-7,10-13,16-17,28H,8-9,14H2,1-2H3,(H,37,39). The second kappa shape index (κ2) is 12.1. The summed E-state index contributed by atoms with van der Waals surface area (Å²) in [5, 5.41) is 2.26. The third-order valence-corrected chi connectivity index (χ3v) is 7.34. The molecule has 1 aliphatic carbocycles. The molecule has 0 heterocycles. The highest BCUT2D eigenvalue weighted by Gasteiger charge is 2.38. The van der Waals surface area contributed by atoms with Gasteiger partial charge in [0, 0.05) is 16.6 Å². The maximum absolute atomic E-state index is 15.9. The van der Waals surface area contributed by atoms with E-state index in [1.54, 1.807) is 24.3 Å². The third-order valence-electron chi connectivity index (χ3n) is 6.72. The molecule has 218 valence electrons. The molecule has 3 aromatic carbocycles. The maximum atomic E-state index is 15.9. The van der Waals surface area contributed by atoms with Gasteiger partial charge in [0.2, 0.25) is 0 Å². The van der Waals surface area contributed by atoms with Crippen LogP contribution in [0.15, 0.2) is 59.1 Å². The third kappa shape index (κ3) is 7.22. The number of benzene rings is 3. The maximum Gasteiger partial charge on any atom is 0.395 e. The molecule has 2 amide bonds. The first-order valence-electron chi connectivity index (χ1n) is 12.6. The van der Waals surface area contributed by atoms with E-state index in [0.717, 1.165) is 43.5 Å². The highest BCUT2D eigenvalue weighted by molar-refractivity contribution is 9.10. The highest BCUT2D eigenvalue weighted by atomic mass is 79.9. The highest BCUT2D eigenvalue weighted by Crippen LogP contribution is 2.42. The number of halogens is 7. The molecular formula is C29H25BrF6N2O3. The van der Waals surface area contributed by atoms with Crippen molar-refractivity contribution in [3.05, 3.63) is 87.1 Å². The number of hydrogen-bond donors (Lipinski definition) is 1. The Morgan fingerprint density at radius 2 is 1.76 bits per heavy atom. The van der Waals surface area contributed by atoms with E-state index in [1.165, 1.54) is 17.0 Å². The van der Waals surface area contributed by atoms with Crippen molar-refractivity contribution in [1.29, 1.82) is 0 Å². The van der Waals surface area contributed by atoms with Crippen LogP contribution in [0.2, 0.25) is 0 Å². The first kappa shape index (κ1) is 30.4. The summed E-state index contributed by atoms with van der Waals surface area (Å²) in [4.78, 5) is 27.8. The van der Waals surface area contributed by atoms with Gasteiger partial charge in [-0.1, -0.05) is 23.8 Å². The zero-order chi connectivity index (χ0) is 30.1. The Labute approximate surface area is 240 Å². The lowest BCUT2D eigenvalue weighted by atomic mass is 10.00. The lowest BCUT2D eigenvalue weighted by Gasteiger charge is -2.24. The van der Waals surface area contributed by atoms with Crippen molar-refractivity contribution >= 4 is 39.1 Å². The minimum Gasteiger partial charge on any atom is -0.433 e. The van der Waals surface area contributed by atoms with E-state index in [0.29, 0.717) is 5.56 Å². The smallest absolute Gasteiger partial charge is 0.395 e. The van der Waals surface area contributed by atoms with Crippen molar-refractivity contribution in [2.45, 2.75) is 45.4 Å². The molecule has 3 aromatic rings. The number of nitrogens with zero attached hydrogens (tertiary/aromatic N) is 1. The molecule has 1 fully saturated rings. The van der Waals surface area contributed by atoms with Gasteiger partial charge in [-0.15, -0.1) is 0 Å². The van der Waals surface area contributed by atoms with Crippen molar-refractivity contribution in [3.63, 3.8) is 0 Å². The number of nitrogens with one attached hydrogen (secondary N) is 1. The summed E-state index contributed by atoms with van der Waals surface area (Å²) >= 11 is 3.01. The number of hydrogen-bond acceptors (Lipinski definition) is 3. The van der Waals surface area contributed by atoms with Crippen LogP contribution in [0.3, 0.4) is 0 Å². The molecule has 0 aliphatic heterocycles. The quantitative estimate of drug-likeness (QED) is 0.238. The molecule has 0 aromatic heterocycles. The lowest BCUT2D eigenvalue weighted by molar-refractivity contribution is -0.146. The van der Waals surface area contributed by atoms with E-state index in [9.17, 15) is 31.5 Å². The van der Waals surface area contributed by atoms with Crippen molar-refractivity contribution in [3.8, 4) is 5.75 Å². The van der Waals surface area contributed by atoms with E-state index in [1.807, 2.05) is 6.92 Å². The van der Waals surface area contributed by atoms with Crippen LogP contribution in [0.25, 0.3) is 0 Å². The molecule has 0 bridgehead atoms.